The van der Waals surface area contributed by atoms with E-state index < -0.39 is 0 Å². The van der Waals surface area contributed by atoms with Gasteiger partial charge < -0.3 is 14.5 Å². The zero-order chi connectivity index (χ0) is 10.6. The number of nitrogens with zero attached hydrogens (tertiary/aromatic N) is 2. The number of rotatable bonds is 2. The maximum atomic E-state index is 11.1. The first-order chi connectivity index (χ1) is 6.69. The molecule has 0 spiro atoms. The smallest absolute Gasteiger partial charge is 0.409 e. The zero-order valence-corrected chi connectivity index (χ0v) is 8.52. The minimum atomic E-state index is -0.291. The lowest BCUT2D eigenvalue weighted by Gasteiger charge is -2.33. The van der Waals surface area contributed by atoms with Crippen molar-refractivity contribution in [2.45, 2.75) is 18.9 Å². The van der Waals surface area contributed by atoms with Crippen LogP contribution in [-0.2, 0) is 9.53 Å². The van der Waals surface area contributed by atoms with Crippen LogP contribution in [0.2, 0.25) is 0 Å². The summed E-state index contributed by atoms with van der Waals surface area (Å²) in [6.45, 7) is 1.28. The molecular weight excluding hydrogens is 184 g/mol. The predicted octanol–water partition coefficient (Wildman–Crippen LogP) is 0.216. The zero-order valence-electron chi connectivity index (χ0n) is 8.52. The number of hydrogen-bond acceptors (Lipinski definition) is 3. The van der Waals surface area contributed by atoms with Crippen LogP contribution in [0, 0.1) is 0 Å². The standard InChI is InChI=1S/C9H15N2O3/c1-10(7-12)8-3-5-11(6-4-8)9(13)14-2/h8H,3-6H2,1-2H3. The van der Waals surface area contributed by atoms with Gasteiger partial charge in [0, 0.05) is 26.2 Å². The van der Waals surface area contributed by atoms with Crippen molar-refractivity contribution in [1.82, 2.24) is 9.80 Å². The van der Waals surface area contributed by atoms with Crippen LogP contribution in [0.25, 0.3) is 0 Å². The number of carbonyl (C=O) groups is 1. The molecule has 0 aliphatic carbocycles. The average molecular weight is 199 g/mol. The Morgan fingerprint density at radius 3 is 2.50 bits per heavy atom. The van der Waals surface area contributed by atoms with Crippen LogP contribution in [0.15, 0.2) is 0 Å². The quantitative estimate of drug-likeness (QED) is 0.598. The summed E-state index contributed by atoms with van der Waals surface area (Å²) < 4.78 is 4.61. The van der Waals surface area contributed by atoms with E-state index in [1.54, 1.807) is 11.9 Å². The van der Waals surface area contributed by atoms with Crippen LogP contribution < -0.4 is 0 Å². The van der Waals surface area contributed by atoms with Gasteiger partial charge in [-0.2, -0.15) is 0 Å². The molecule has 1 aliphatic heterocycles. The second kappa shape index (κ2) is 4.83. The van der Waals surface area contributed by atoms with Gasteiger partial charge in [-0.05, 0) is 12.8 Å². The Hall–Kier alpha value is -1.26. The number of methoxy groups -OCH3 is 1. The summed E-state index contributed by atoms with van der Waals surface area (Å²) in [6.07, 6.45) is 3.14. The molecule has 0 saturated carbocycles. The Balaban J connectivity index is 2.38. The number of carbonyl (C=O) groups excluding carboxylic acids is 2. The minimum absolute atomic E-state index is 0.202. The molecule has 5 nitrogen and oxygen atoms in total. The van der Waals surface area contributed by atoms with Crippen molar-refractivity contribution in [1.29, 1.82) is 0 Å². The fraction of sp³-hybridized carbons (Fsp3) is 0.778. The lowest BCUT2D eigenvalue weighted by Crippen LogP contribution is -2.45. The van der Waals surface area contributed by atoms with Crippen molar-refractivity contribution >= 4 is 12.5 Å². The highest BCUT2D eigenvalue weighted by Crippen LogP contribution is 2.14. The molecule has 0 atom stereocenters. The van der Waals surface area contributed by atoms with Gasteiger partial charge in [-0.25, -0.2) is 4.79 Å². The first-order valence-electron chi connectivity index (χ1n) is 4.62. The molecule has 5 heteroatoms. The first kappa shape index (κ1) is 10.8. The van der Waals surface area contributed by atoms with Crippen molar-refractivity contribution in [2.24, 2.45) is 0 Å². The van der Waals surface area contributed by atoms with Crippen molar-refractivity contribution in [2.75, 3.05) is 27.2 Å². The van der Waals surface area contributed by atoms with Crippen molar-refractivity contribution in [3.63, 3.8) is 0 Å². The molecule has 0 aromatic carbocycles. The van der Waals surface area contributed by atoms with Crippen LogP contribution in [0.5, 0.6) is 0 Å². The molecule has 0 bridgehead atoms. The van der Waals surface area contributed by atoms with Gasteiger partial charge in [0.05, 0.1) is 7.11 Å². The van der Waals surface area contributed by atoms with E-state index in [0.717, 1.165) is 12.8 Å². The molecular formula is C9H15N2O3. The highest BCUT2D eigenvalue weighted by molar-refractivity contribution is 5.67. The fourth-order valence-corrected chi connectivity index (χ4v) is 1.64. The lowest BCUT2D eigenvalue weighted by molar-refractivity contribution is 0.102. The monoisotopic (exact) mass is 199 g/mol. The molecule has 79 valence electrons. The van der Waals surface area contributed by atoms with E-state index in [0.29, 0.717) is 13.1 Å². The predicted molar refractivity (Wildman–Crippen MR) is 50.5 cm³/mol. The van der Waals surface area contributed by atoms with E-state index in [1.165, 1.54) is 12.0 Å². The van der Waals surface area contributed by atoms with Crippen LogP contribution >= 0.6 is 0 Å². The minimum Gasteiger partial charge on any atom is -0.453 e. The van der Waals surface area contributed by atoms with E-state index in [4.69, 9.17) is 0 Å². The van der Waals surface area contributed by atoms with Gasteiger partial charge in [0.2, 0.25) is 0 Å². The molecule has 1 fully saturated rings. The average Bonchev–Trinajstić information content (AvgIpc) is 2.27. The molecule has 0 N–H and O–H groups in total. The third-order valence-electron chi connectivity index (χ3n) is 2.59. The number of amides is 2. The molecule has 0 aromatic heterocycles. The Morgan fingerprint density at radius 1 is 1.50 bits per heavy atom. The second-order valence-corrected chi connectivity index (χ2v) is 3.39. The fourth-order valence-electron chi connectivity index (χ4n) is 1.64. The van der Waals surface area contributed by atoms with Crippen LogP contribution in [0.3, 0.4) is 0 Å². The SMILES string of the molecule is COC(=O)N1CCC(N(C)[C]=O)CC1. The molecule has 1 aliphatic rings. The molecule has 14 heavy (non-hydrogen) atoms. The van der Waals surface area contributed by atoms with E-state index in [1.807, 2.05) is 6.41 Å². The van der Waals surface area contributed by atoms with E-state index in [9.17, 15) is 9.59 Å². The molecule has 1 radical (unpaired) electrons. The third-order valence-corrected chi connectivity index (χ3v) is 2.59. The number of ether oxygens (including phenoxy) is 1. The first-order valence-corrected chi connectivity index (χ1v) is 4.62. The summed E-state index contributed by atoms with van der Waals surface area (Å²) in [6, 6.07) is 0.202. The van der Waals surface area contributed by atoms with Crippen molar-refractivity contribution in [3.05, 3.63) is 0 Å². The molecule has 2 amide bonds. The van der Waals surface area contributed by atoms with Crippen LogP contribution in [0.1, 0.15) is 12.8 Å². The number of likely N-dealkylation sites (tertiary alicyclic amines) is 1. The topological polar surface area (TPSA) is 49.9 Å². The molecule has 1 heterocycles. The molecule has 0 aromatic rings. The van der Waals surface area contributed by atoms with Crippen LogP contribution in [-0.4, -0.2) is 55.6 Å². The summed E-state index contributed by atoms with van der Waals surface area (Å²) in [5, 5.41) is 0. The Labute approximate surface area is 83.6 Å². The summed E-state index contributed by atoms with van der Waals surface area (Å²) >= 11 is 0. The summed E-state index contributed by atoms with van der Waals surface area (Å²) in [5.74, 6) is 0. The van der Waals surface area contributed by atoms with Gasteiger partial charge in [-0.3, -0.25) is 4.79 Å². The normalized spacial score (nSPS) is 17.7. The van der Waals surface area contributed by atoms with E-state index in [-0.39, 0.29) is 12.1 Å². The second-order valence-electron chi connectivity index (χ2n) is 3.39. The largest absolute Gasteiger partial charge is 0.453 e. The molecule has 1 rings (SSSR count). The Bertz CT molecular complexity index is 212. The lowest BCUT2D eigenvalue weighted by atomic mass is 10.0. The maximum Gasteiger partial charge on any atom is 0.409 e. The van der Waals surface area contributed by atoms with Gasteiger partial charge in [-0.15, -0.1) is 0 Å². The summed E-state index contributed by atoms with van der Waals surface area (Å²) in [5.41, 5.74) is 0. The maximum absolute atomic E-state index is 11.1. The third kappa shape index (κ3) is 2.37. The van der Waals surface area contributed by atoms with Crippen LogP contribution in [0.4, 0.5) is 4.79 Å². The molecule has 1 saturated heterocycles. The number of hydrogen-bond donors (Lipinski definition) is 0. The van der Waals surface area contributed by atoms with Crippen molar-refractivity contribution < 1.29 is 14.3 Å². The molecule has 0 unspecified atom stereocenters. The summed E-state index contributed by atoms with van der Waals surface area (Å²) in [7, 11) is 3.09. The highest BCUT2D eigenvalue weighted by Gasteiger charge is 2.25. The van der Waals surface area contributed by atoms with Gasteiger partial charge >= 0.3 is 12.5 Å². The van der Waals surface area contributed by atoms with Gasteiger partial charge in [0.1, 0.15) is 0 Å². The van der Waals surface area contributed by atoms with Gasteiger partial charge in [0.15, 0.2) is 0 Å². The van der Waals surface area contributed by atoms with E-state index >= 15 is 0 Å². The van der Waals surface area contributed by atoms with Gasteiger partial charge in [-0.1, -0.05) is 0 Å². The highest BCUT2D eigenvalue weighted by atomic mass is 16.5. The number of piperidine rings is 1. The van der Waals surface area contributed by atoms with E-state index in [2.05, 4.69) is 4.74 Å². The summed E-state index contributed by atoms with van der Waals surface area (Å²) in [4.78, 5) is 24.7. The van der Waals surface area contributed by atoms with Crippen molar-refractivity contribution in [3.8, 4) is 0 Å². The van der Waals surface area contributed by atoms with Gasteiger partial charge in [0.25, 0.3) is 0 Å². The Morgan fingerprint density at radius 2 is 2.07 bits per heavy atom. The Kier molecular flexibility index (Phi) is 3.73.